The van der Waals surface area contributed by atoms with Crippen LogP contribution in [0.15, 0.2) is 0 Å². The van der Waals surface area contributed by atoms with Crippen molar-refractivity contribution in [1.29, 1.82) is 0 Å². The SMILES string of the molecule is CC(C)(C)OC(=O)NC1(CN)CCN(C(=O)OC(C)(C)C)C1. The van der Waals surface area contributed by atoms with Crippen molar-refractivity contribution < 1.29 is 19.1 Å². The van der Waals surface area contributed by atoms with Gasteiger partial charge in [-0.3, -0.25) is 0 Å². The third kappa shape index (κ3) is 5.71. The number of hydrogen-bond acceptors (Lipinski definition) is 5. The predicted molar refractivity (Wildman–Crippen MR) is 83.6 cm³/mol. The molecule has 1 heterocycles. The molecule has 1 atom stereocenters. The number of amides is 2. The Morgan fingerprint density at radius 1 is 1.14 bits per heavy atom. The summed E-state index contributed by atoms with van der Waals surface area (Å²) < 4.78 is 10.6. The van der Waals surface area contributed by atoms with E-state index in [-0.39, 0.29) is 6.54 Å². The summed E-state index contributed by atoms with van der Waals surface area (Å²) in [4.78, 5) is 25.6. The van der Waals surface area contributed by atoms with Crippen LogP contribution in [0.1, 0.15) is 48.0 Å². The largest absolute Gasteiger partial charge is 0.444 e. The maximum Gasteiger partial charge on any atom is 0.410 e. The molecule has 0 saturated carbocycles. The second kappa shape index (κ2) is 6.32. The second-order valence-corrected chi connectivity index (χ2v) is 7.76. The van der Waals surface area contributed by atoms with Crippen molar-refractivity contribution in [2.75, 3.05) is 19.6 Å². The zero-order valence-corrected chi connectivity index (χ0v) is 14.5. The molecule has 22 heavy (non-hydrogen) atoms. The van der Waals surface area contributed by atoms with Gasteiger partial charge in [0, 0.05) is 19.6 Å². The Balaban J connectivity index is 2.66. The first-order valence-corrected chi connectivity index (χ1v) is 7.55. The summed E-state index contributed by atoms with van der Waals surface area (Å²) in [6.07, 6.45) is -0.347. The number of hydrogen-bond donors (Lipinski definition) is 2. The summed E-state index contributed by atoms with van der Waals surface area (Å²) in [6, 6.07) is 0. The minimum atomic E-state index is -0.667. The molecule has 0 aromatic heterocycles. The molecule has 2 amide bonds. The average Bonchev–Trinajstić information content (AvgIpc) is 2.69. The number of ether oxygens (including phenoxy) is 2. The molecule has 1 fully saturated rings. The maximum absolute atomic E-state index is 12.1. The van der Waals surface area contributed by atoms with E-state index in [1.165, 1.54) is 0 Å². The minimum absolute atomic E-state index is 0.228. The van der Waals surface area contributed by atoms with Crippen LogP contribution in [0.2, 0.25) is 0 Å². The zero-order chi connectivity index (χ0) is 17.2. The first kappa shape index (κ1) is 18.5. The van der Waals surface area contributed by atoms with E-state index in [2.05, 4.69) is 5.32 Å². The van der Waals surface area contributed by atoms with Crippen LogP contribution in [-0.4, -0.2) is 53.5 Å². The van der Waals surface area contributed by atoms with Crippen LogP contribution in [-0.2, 0) is 9.47 Å². The van der Waals surface area contributed by atoms with E-state index < -0.39 is 28.9 Å². The van der Waals surface area contributed by atoms with Crippen molar-refractivity contribution in [3.05, 3.63) is 0 Å². The van der Waals surface area contributed by atoms with Gasteiger partial charge in [-0.25, -0.2) is 9.59 Å². The molecular weight excluding hydrogens is 286 g/mol. The summed E-state index contributed by atoms with van der Waals surface area (Å²) in [5.41, 5.74) is 4.02. The van der Waals surface area contributed by atoms with Gasteiger partial charge in [0.1, 0.15) is 11.2 Å². The van der Waals surface area contributed by atoms with Gasteiger partial charge >= 0.3 is 12.2 Å². The van der Waals surface area contributed by atoms with Crippen molar-refractivity contribution in [3.8, 4) is 0 Å². The Kier molecular flexibility index (Phi) is 5.33. The lowest BCUT2D eigenvalue weighted by atomic mass is 9.99. The van der Waals surface area contributed by atoms with Crippen LogP contribution in [0.4, 0.5) is 9.59 Å². The van der Waals surface area contributed by atoms with Gasteiger partial charge in [-0.05, 0) is 48.0 Å². The summed E-state index contributed by atoms with van der Waals surface area (Å²) in [5.74, 6) is 0. The Bertz CT molecular complexity index is 425. The molecule has 0 radical (unpaired) electrons. The number of carbonyl (C=O) groups excluding carboxylic acids is 2. The lowest BCUT2D eigenvalue weighted by molar-refractivity contribution is 0.0264. The molecule has 7 nitrogen and oxygen atoms in total. The quantitative estimate of drug-likeness (QED) is 0.811. The van der Waals surface area contributed by atoms with Crippen LogP contribution in [0.3, 0.4) is 0 Å². The van der Waals surface area contributed by atoms with Gasteiger partial charge in [-0.1, -0.05) is 0 Å². The fraction of sp³-hybridized carbons (Fsp3) is 0.867. The van der Waals surface area contributed by atoms with E-state index in [0.29, 0.717) is 19.5 Å². The predicted octanol–water partition coefficient (Wildman–Crippen LogP) is 1.85. The first-order chi connectivity index (χ1) is 9.86. The fourth-order valence-corrected chi connectivity index (χ4v) is 2.19. The molecule has 1 rings (SSSR count). The van der Waals surface area contributed by atoms with Crippen molar-refractivity contribution in [2.45, 2.75) is 64.7 Å². The Morgan fingerprint density at radius 2 is 1.68 bits per heavy atom. The van der Waals surface area contributed by atoms with Crippen LogP contribution in [0, 0.1) is 0 Å². The van der Waals surface area contributed by atoms with Gasteiger partial charge in [0.25, 0.3) is 0 Å². The highest BCUT2D eigenvalue weighted by atomic mass is 16.6. The van der Waals surface area contributed by atoms with Crippen LogP contribution < -0.4 is 11.1 Å². The van der Waals surface area contributed by atoms with Crippen molar-refractivity contribution in [3.63, 3.8) is 0 Å². The molecule has 1 aliphatic heterocycles. The van der Waals surface area contributed by atoms with E-state index >= 15 is 0 Å². The molecule has 1 unspecified atom stereocenters. The van der Waals surface area contributed by atoms with Crippen molar-refractivity contribution in [1.82, 2.24) is 10.2 Å². The summed E-state index contributed by atoms with van der Waals surface area (Å²) in [6.45, 7) is 11.9. The Hall–Kier alpha value is -1.50. The van der Waals surface area contributed by atoms with Crippen molar-refractivity contribution >= 4 is 12.2 Å². The van der Waals surface area contributed by atoms with Gasteiger partial charge < -0.3 is 25.4 Å². The number of likely N-dealkylation sites (tertiary alicyclic amines) is 1. The van der Waals surface area contributed by atoms with Gasteiger partial charge in [0.15, 0.2) is 0 Å². The Morgan fingerprint density at radius 3 is 2.14 bits per heavy atom. The Labute approximate surface area is 132 Å². The van der Waals surface area contributed by atoms with Crippen LogP contribution in [0.25, 0.3) is 0 Å². The number of rotatable bonds is 2. The molecule has 0 spiro atoms. The summed E-state index contributed by atoms with van der Waals surface area (Å²) >= 11 is 0. The molecule has 1 aliphatic rings. The number of nitrogens with one attached hydrogen (secondary N) is 1. The monoisotopic (exact) mass is 315 g/mol. The summed E-state index contributed by atoms with van der Waals surface area (Å²) in [5, 5.41) is 2.81. The van der Waals surface area contributed by atoms with E-state index in [9.17, 15) is 9.59 Å². The molecular formula is C15H29N3O4. The van der Waals surface area contributed by atoms with Gasteiger partial charge in [-0.2, -0.15) is 0 Å². The number of alkyl carbamates (subject to hydrolysis) is 1. The molecule has 0 bridgehead atoms. The smallest absolute Gasteiger partial charge is 0.410 e. The third-order valence-electron chi connectivity index (χ3n) is 3.16. The molecule has 1 saturated heterocycles. The molecule has 7 heteroatoms. The highest BCUT2D eigenvalue weighted by Crippen LogP contribution is 2.23. The molecule has 0 aromatic carbocycles. The fourth-order valence-electron chi connectivity index (χ4n) is 2.19. The highest BCUT2D eigenvalue weighted by molar-refractivity contribution is 5.71. The molecule has 0 aliphatic carbocycles. The molecule has 3 N–H and O–H groups in total. The minimum Gasteiger partial charge on any atom is -0.444 e. The standard InChI is InChI=1S/C15H29N3O4/c1-13(2,3)21-11(19)17-15(9-16)7-8-18(10-15)12(20)22-14(4,5)6/h7-10,16H2,1-6H3,(H,17,19). The van der Waals surface area contributed by atoms with Gasteiger partial charge in [-0.15, -0.1) is 0 Å². The second-order valence-electron chi connectivity index (χ2n) is 7.76. The third-order valence-corrected chi connectivity index (χ3v) is 3.16. The normalized spacial score (nSPS) is 22.4. The molecule has 0 aromatic rings. The zero-order valence-electron chi connectivity index (χ0n) is 14.5. The lowest BCUT2D eigenvalue weighted by Gasteiger charge is -2.31. The van der Waals surface area contributed by atoms with Gasteiger partial charge in [0.05, 0.1) is 5.54 Å². The highest BCUT2D eigenvalue weighted by Gasteiger charge is 2.42. The van der Waals surface area contributed by atoms with Crippen LogP contribution in [0.5, 0.6) is 0 Å². The number of carbonyl (C=O) groups is 2. The summed E-state index contributed by atoms with van der Waals surface area (Å²) in [7, 11) is 0. The number of nitrogens with two attached hydrogens (primary N) is 1. The topological polar surface area (TPSA) is 93.9 Å². The van der Waals surface area contributed by atoms with E-state index in [1.807, 2.05) is 20.8 Å². The molecule has 128 valence electrons. The first-order valence-electron chi connectivity index (χ1n) is 7.55. The average molecular weight is 315 g/mol. The van der Waals surface area contributed by atoms with Crippen molar-refractivity contribution in [2.24, 2.45) is 5.73 Å². The lowest BCUT2D eigenvalue weighted by Crippen LogP contribution is -2.56. The van der Waals surface area contributed by atoms with E-state index in [4.69, 9.17) is 15.2 Å². The van der Waals surface area contributed by atoms with E-state index in [1.54, 1.807) is 25.7 Å². The van der Waals surface area contributed by atoms with E-state index in [0.717, 1.165) is 0 Å². The van der Waals surface area contributed by atoms with Crippen LogP contribution >= 0.6 is 0 Å². The van der Waals surface area contributed by atoms with Gasteiger partial charge in [0.2, 0.25) is 0 Å². The maximum atomic E-state index is 12.1. The number of nitrogens with zero attached hydrogens (tertiary/aromatic N) is 1.